The second-order valence-corrected chi connectivity index (χ2v) is 11.2. The number of sulfonamides is 1. The zero-order valence-corrected chi connectivity index (χ0v) is 21.0. The van der Waals surface area contributed by atoms with Crippen LogP contribution in [0.25, 0.3) is 0 Å². The number of piperazine rings is 1. The van der Waals surface area contributed by atoms with Gasteiger partial charge < -0.3 is 15.7 Å². The maximum atomic E-state index is 13.4. The highest BCUT2D eigenvalue weighted by Gasteiger charge is 2.41. The van der Waals surface area contributed by atoms with Crippen LogP contribution in [0.1, 0.15) is 53.1 Å². The standard InChI is InChI=1S/C25H28F3N3O5S/c1-15-5-7-18(12-20(15)25(26,27)28)37(35,36)31-10-9-29-24(34)22(31)13-23(33)30-21-4-2-3-17-11-16(14-32)6-8-19(17)21/h5-8,11-12,21-22,32H,2-4,9-10,13-14H2,1H3,(H,29,34)(H,30,33)/t21-,22-/m1/s1. The number of rotatable bonds is 6. The second-order valence-electron chi connectivity index (χ2n) is 9.30. The third-order valence-electron chi connectivity index (χ3n) is 6.82. The number of aliphatic hydroxyl groups excluding tert-OH is 1. The molecular formula is C25H28F3N3O5S. The normalized spacial score (nSPS) is 20.7. The zero-order chi connectivity index (χ0) is 27.0. The van der Waals surface area contributed by atoms with Crippen LogP contribution in [0.3, 0.4) is 0 Å². The number of nitrogens with one attached hydrogen (secondary N) is 2. The van der Waals surface area contributed by atoms with E-state index in [1.54, 1.807) is 6.07 Å². The molecule has 2 amide bonds. The van der Waals surface area contributed by atoms with E-state index in [1.807, 2.05) is 12.1 Å². The Balaban J connectivity index is 1.56. The summed E-state index contributed by atoms with van der Waals surface area (Å²) >= 11 is 0. The summed E-state index contributed by atoms with van der Waals surface area (Å²) in [6.45, 7) is 0.917. The van der Waals surface area contributed by atoms with Gasteiger partial charge in [0, 0.05) is 13.1 Å². The number of fused-ring (bicyclic) bond motifs is 1. The van der Waals surface area contributed by atoms with Crippen LogP contribution in [-0.2, 0) is 38.8 Å². The van der Waals surface area contributed by atoms with Gasteiger partial charge in [-0.25, -0.2) is 8.42 Å². The molecule has 2 atom stereocenters. The van der Waals surface area contributed by atoms with Crippen molar-refractivity contribution in [1.29, 1.82) is 0 Å². The lowest BCUT2D eigenvalue weighted by molar-refractivity contribution is -0.138. The average molecular weight is 540 g/mol. The van der Waals surface area contributed by atoms with E-state index in [2.05, 4.69) is 10.6 Å². The van der Waals surface area contributed by atoms with Crippen LogP contribution in [0.4, 0.5) is 13.2 Å². The third kappa shape index (κ3) is 5.65. The first-order valence-electron chi connectivity index (χ1n) is 11.9. The molecule has 2 aromatic carbocycles. The molecule has 12 heteroatoms. The van der Waals surface area contributed by atoms with Gasteiger partial charge in [0.1, 0.15) is 6.04 Å². The van der Waals surface area contributed by atoms with E-state index in [0.717, 1.165) is 46.0 Å². The monoisotopic (exact) mass is 539 g/mol. The first-order chi connectivity index (χ1) is 17.4. The number of hydrogen-bond acceptors (Lipinski definition) is 5. The first kappa shape index (κ1) is 27.1. The van der Waals surface area contributed by atoms with Gasteiger partial charge in [-0.2, -0.15) is 17.5 Å². The predicted octanol–water partition coefficient (Wildman–Crippen LogP) is 2.58. The van der Waals surface area contributed by atoms with Gasteiger partial charge in [-0.15, -0.1) is 0 Å². The molecule has 0 radical (unpaired) electrons. The van der Waals surface area contributed by atoms with E-state index < -0.39 is 50.9 Å². The molecule has 8 nitrogen and oxygen atoms in total. The molecule has 37 heavy (non-hydrogen) atoms. The number of alkyl halides is 3. The summed E-state index contributed by atoms with van der Waals surface area (Å²) in [7, 11) is -4.51. The van der Waals surface area contributed by atoms with E-state index in [9.17, 15) is 36.3 Å². The summed E-state index contributed by atoms with van der Waals surface area (Å²) in [5, 5.41) is 14.8. The molecule has 1 fully saturated rings. The molecular weight excluding hydrogens is 511 g/mol. The number of aliphatic hydroxyl groups is 1. The minimum Gasteiger partial charge on any atom is -0.392 e. The molecule has 2 aromatic rings. The fourth-order valence-corrected chi connectivity index (χ4v) is 6.54. The van der Waals surface area contributed by atoms with Crippen LogP contribution in [0.5, 0.6) is 0 Å². The first-order valence-corrected chi connectivity index (χ1v) is 13.3. The number of halogens is 3. The van der Waals surface area contributed by atoms with Crippen molar-refractivity contribution < 1.29 is 36.3 Å². The van der Waals surface area contributed by atoms with Crippen LogP contribution in [0.15, 0.2) is 41.3 Å². The fraction of sp³-hybridized carbons (Fsp3) is 0.440. The van der Waals surface area contributed by atoms with E-state index in [1.165, 1.54) is 6.92 Å². The number of aryl methyl sites for hydroxylation is 2. The van der Waals surface area contributed by atoms with Crippen LogP contribution >= 0.6 is 0 Å². The van der Waals surface area contributed by atoms with E-state index in [4.69, 9.17) is 0 Å². The average Bonchev–Trinajstić information content (AvgIpc) is 2.84. The van der Waals surface area contributed by atoms with Gasteiger partial charge in [0.05, 0.1) is 29.5 Å². The molecule has 0 aromatic heterocycles. The highest BCUT2D eigenvalue weighted by Crippen LogP contribution is 2.35. The Hall–Kier alpha value is -2.96. The van der Waals surface area contributed by atoms with Gasteiger partial charge in [-0.3, -0.25) is 9.59 Å². The van der Waals surface area contributed by atoms with E-state index in [-0.39, 0.29) is 31.3 Å². The van der Waals surface area contributed by atoms with Crippen molar-refractivity contribution in [3.05, 3.63) is 64.2 Å². The number of benzene rings is 2. The number of nitrogens with zero attached hydrogens (tertiary/aromatic N) is 1. The molecule has 1 aliphatic heterocycles. The molecule has 0 spiro atoms. The molecule has 1 aliphatic carbocycles. The van der Waals surface area contributed by atoms with Crippen molar-refractivity contribution in [2.75, 3.05) is 13.1 Å². The van der Waals surface area contributed by atoms with Gasteiger partial charge in [0.2, 0.25) is 21.8 Å². The Morgan fingerprint density at radius 2 is 1.97 bits per heavy atom. The zero-order valence-electron chi connectivity index (χ0n) is 20.1. The van der Waals surface area contributed by atoms with E-state index in [0.29, 0.717) is 12.5 Å². The molecule has 1 heterocycles. The van der Waals surface area contributed by atoms with Crippen LogP contribution in [-0.4, -0.2) is 48.8 Å². The highest BCUT2D eigenvalue weighted by molar-refractivity contribution is 7.89. The van der Waals surface area contributed by atoms with Gasteiger partial charge in [0.15, 0.2) is 0 Å². The van der Waals surface area contributed by atoms with Crippen molar-refractivity contribution in [1.82, 2.24) is 14.9 Å². The molecule has 4 rings (SSSR count). The van der Waals surface area contributed by atoms with Crippen molar-refractivity contribution in [2.45, 2.75) is 62.4 Å². The summed E-state index contributed by atoms with van der Waals surface area (Å²) in [6, 6.07) is 6.45. The maximum Gasteiger partial charge on any atom is 0.416 e. The summed E-state index contributed by atoms with van der Waals surface area (Å²) in [4.78, 5) is 25.1. The van der Waals surface area contributed by atoms with Gasteiger partial charge in [0.25, 0.3) is 0 Å². The van der Waals surface area contributed by atoms with Crippen molar-refractivity contribution in [2.24, 2.45) is 0 Å². The summed E-state index contributed by atoms with van der Waals surface area (Å²) in [5.74, 6) is -1.24. The Morgan fingerprint density at radius 1 is 1.22 bits per heavy atom. The van der Waals surface area contributed by atoms with Crippen molar-refractivity contribution >= 4 is 21.8 Å². The molecule has 0 bridgehead atoms. The predicted molar refractivity (Wildman–Crippen MR) is 128 cm³/mol. The smallest absolute Gasteiger partial charge is 0.392 e. The number of hydrogen-bond donors (Lipinski definition) is 3. The fourth-order valence-electron chi connectivity index (χ4n) is 4.92. The van der Waals surface area contributed by atoms with Crippen LogP contribution < -0.4 is 10.6 Å². The molecule has 0 saturated carbocycles. The lowest BCUT2D eigenvalue weighted by Crippen LogP contribution is -2.58. The lowest BCUT2D eigenvalue weighted by atomic mass is 9.86. The Bertz CT molecular complexity index is 1310. The topological polar surface area (TPSA) is 116 Å². The molecule has 1 saturated heterocycles. The maximum absolute atomic E-state index is 13.4. The highest BCUT2D eigenvalue weighted by atomic mass is 32.2. The van der Waals surface area contributed by atoms with Gasteiger partial charge >= 0.3 is 6.18 Å². The van der Waals surface area contributed by atoms with Crippen molar-refractivity contribution in [3.8, 4) is 0 Å². The SMILES string of the molecule is Cc1ccc(S(=O)(=O)N2CCNC(=O)[C@H]2CC(=O)N[C@@H]2CCCc3cc(CO)ccc32)cc1C(F)(F)F. The second kappa shape index (κ2) is 10.4. The Morgan fingerprint density at radius 3 is 2.68 bits per heavy atom. The van der Waals surface area contributed by atoms with Gasteiger partial charge in [-0.05, 0) is 60.6 Å². The Labute approximate surface area is 212 Å². The number of amides is 2. The molecule has 0 unspecified atom stereocenters. The largest absolute Gasteiger partial charge is 0.416 e. The van der Waals surface area contributed by atoms with E-state index >= 15 is 0 Å². The Kier molecular flexibility index (Phi) is 7.63. The quantitative estimate of drug-likeness (QED) is 0.522. The molecule has 200 valence electrons. The van der Waals surface area contributed by atoms with Crippen LogP contribution in [0.2, 0.25) is 0 Å². The summed E-state index contributed by atoms with van der Waals surface area (Å²) < 4.78 is 67.7. The lowest BCUT2D eigenvalue weighted by Gasteiger charge is -2.34. The van der Waals surface area contributed by atoms with Crippen molar-refractivity contribution in [3.63, 3.8) is 0 Å². The van der Waals surface area contributed by atoms with Gasteiger partial charge in [-0.1, -0.05) is 24.3 Å². The summed E-state index contributed by atoms with van der Waals surface area (Å²) in [6.07, 6.45) is -2.99. The minimum absolute atomic E-state index is 0.0304. The number of carbonyl (C=O) groups is 2. The molecule has 3 N–H and O–H groups in total. The summed E-state index contributed by atoms with van der Waals surface area (Å²) in [5.41, 5.74) is 1.45. The minimum atomic E-state index is -4.75. The van der Waals surface area contributed by atoms with Crippen LogP contribution in [0, 0.1) is 6.92 Å². The third-order valence-corrected chi connectivity index (χ3v) is 8.73. The number of carbonyl (C=O) groups excluding carboxylic acids is 2. The molecule has 2 aliphatic rings.